The topological polar surface area (TPSA) is 73.6 Å². The van der Waals surface area contributed by atoms with Gasteiger partial charge in [0.1, 0.15) is 6.33 Å². The maximum Gasteiger partial charge on any atom is 0.340 e. The summed E-state index contributed by atoms with van der Waals surface area (Å²) in [6, 6.07) is 11.1. The smallest absolute Gasteiger partial charge is 0.340 e. The van der Waals surface area contributed by atoms with Gasteiger partial charge in [0.25, 0.3) is 0 Å². The highest BCUT2D eigenvalue weighted by Crippen LogP contribution is 2.30. The molecule has 4 aromatic rings. The maximum absolute atomic E-state index is 12.4. The van der Waals surface area contributed by atoms with Gasteiger partial charge in [-0.1, -0.05) is 18.2 Å². The summed E-state index contributed by atoms with van der Waals surface area (Å²) >= 11 is 1.42. The number of ketones is 1. The minimum Gasteiger partial charge on any atom is -0.454 e. The van der Waals surface area contributed by atoms with E-state index in [1.807, 2.05) is 31.2 Å². The minimum absolute atomic E-state index is 0.197. The van der Waals surface area contributed by atoms with Crippen molar-refractivity contribution >= 4 is 38.8 Å². The first kappa shape index (κ1) is 15.5. The van der Waals surface area contributed by atoms with E-state index in [1.165, 1.54) is 17.7 Å². The van der Waals surface area contributed by atoms with Gasteiger partial charge in [0, 0.05) is 10.9 Å². The number of esters is 1. The molecule has 3 aromatic heterocycles. The molecule has 0 bridgehead atoms. The Hall–Kier alpha value is -3.06. The third kappa shape index (κ3) is 2.78. The molecule has 7 heteroatoms. The number of Topliss-reactive ketones (excluding diaryl/α,β-unsaturated/α-hetero) is 1. The standard InChI is InChI=1S/C18H13N3O3S/c1-11-13-4-2-3-5-15(13)25-17(11)14(22)9-24-18(23)12-6-7-16-20-19-10-21(16)8-12/h2-8,10H,9H2,1H3. The number of aromatic nitrogens is 3. The van der Waals surface area contributed by atoms with Gasteiger partial charge in [0.15, 0.2) is 12.3 Å². The molecule has 124 valence electrons. The second kappa shape index (κ2) is 6.10. The van der Waals surface area contributed by atoms with Gasteiger partial charge in [-0.15, -0.1) is 21.5 Å². The van der Waals surface area contributed by atoms with Gasteiger partial charge >= 0.3 is 5.97 Å². The number of pyridine rings is 1. The molecule has 0 unspecified atom stereocenters. The summed E-state index contributed by atoms with van der Waals surface area (Å²) in [7, 11) is 0. The number of carbonyl (C=O) groups excluding carboxylic acids is 2. The molecule has 4 rings (SSSR count). The number of thiophene rings is 1. The van der Waals surface area contributed by atoms with E-state index in [2.05, 4.69) is 10.2 Å². The molecule has 0 aliphatic heterocycles. The Kier molecular flexibility index (Phi) is 3.77. The van der Waals surface area contributed by atoms with E-state index in [1.54, 1.807) is 22.7 Å². The number of nitrogens with zero attached hydrogens (tertiary/aromatic N) is 3. The fourth-order valence-electron chi connectivity index (χ4n) is 2.67. The zero-order valence-corrected chi connectivity index (χ0v) is 14.1. The summed E-state index contributed by atoms with van der Waals surface area (Å²) in [5.41, 5.74) is 1.90. The number of ether oxygens (including phenoxy) is 1. The normalized spacial score (nSPS) is 11.1. The Morgan fingerprint density at radius 1 is 1.20 bits per heavy atom. The van der Waals surface area contributed by atoms with Crippen LogP contribution in [0.4, 0.5) is 0 Å². The molecule has 0 spiro atoms. The van der Waals surface area contributed by atoms with Crippen LogP contribution < -0.4 is 0 Å². The van der Waals surface area contributed by atoms with Crippen LogP contribution >= 0.6 is 11.3 Å². The quantitative estimate of drug-likeness (QED) is 0.417. The predicted molar refractivity (Wildman–Crippen MR) is 94.2 cm³/mol. The molecule has 0 amide bonds. The van der Waals surface area contributed by atoms with E-state index < -0.39 is 5.97 Å². The number of rotatable bonds is 4. The number of aryl methyl sites for hydroxylation is 1. The summed E-state index contributed by atoms with van der Waals surface area (Å²) in [4.78, 5) is 25.3. The number of benzene rings is 1. The van der Waals surface area contributed by atoms with Crippen molar-refractivity contribution in [3.8, 4) is 0 Å². The van der Waals surface area contributed by atoms with Gasteiger partial charge < -0.3 is 4.74 Å². The molecule has 0 aliphatic rings. The number of carbonyl (C=O) groups is 2. The van der Waals surface area contributed by atoms with Crippen molar-refractivity contribution in [2.24, 2.45) is 0 Å². The van der Waals surface area contributed by atoms with Gasteiger partial charge in [-0.2, -0.15) is 0 Å². The first-order valence-corrected chi connectivity index (χ1v) is 8.43. The third-order valence-electron chi connectivity index (χ3n) is 3.96. The summed E-state index contributed by atoms with van der Waals surface area (Å²) < 4.78 is 7.85. The van der Waals surface area contributed by atoms with E-state index in [9.17, 15) is 9.59 Å². The monoisotopic (exact) mass is 351 g/mol. The second-order valence-electron chi connectivity index (χ2n) is 5.57. The molecule has 1 aromatic carbocycles. The first-order chi connectivity index (χ1) is 12.1. The lowest BCUT2D eigenvalue weighted by Gasteiger charge is -2.04. The third-order valence-corrected chi connectivity index (χ3v) is 5.27. The van der Waals surface area contributed by atoms with Crippen LogP contribution in [0.25, 0.3) is 15.7 Å². The zero-order chi connectivity index (χ0) is 17.4. The summed E-state index contributed by atoms with van der Waals surface area (Å²) in [5, 5.41) is 8.68. The fraction of sp³-hybridized carbons (Fsp3) is 0.111. The maximum atomic E-state index is 12.4. The van der Waals surface area contributed by atoms with Crippen LogP contribution in [-0.4, -0.2) is 33.0 Å². The van der Waals surface area contributed by atoms with Crippen molar-refractivity contribution in [3.63, 3.8) is 0 Å². The Bertz CT molecular complexity index is 1110. The molecule has 0 radical (unpaired) electrons. The molecule has 0 aliphatic carbocycles. The molecule has 0 fully saturated rings. The van der Waals surface area contributed by atoms with Crippen molar-refractivity contribution in [1.82, 2.24) is 14.6 Å². The van der Waals surface area contributed by atoms with E-state index in [0.717, 1.165) is 15.6 Å². The SMILES string of the molecule is Cc1c(C(=O)COC(=O)c2ccc3nncn3c2)sc2ccccc12. The average molecular weight is 351 g/mol. The van der Waals surface area contributed by atoms with Gasteiger partial charge in [0.2, 0.25) is 5.78 Å². The molecule has 0 saturated carbocycles. The molecule has 0 saturated heterocycles. The predicted octanol–water partition coefficient (Wildman–Crippen LogP) is 3.29. The highest BCUT2D eigenvalue weighted by Gasteiger charge is 2.18. The number of hydrogen-bond acceptors (Lipinski definition) is 6. The number of hydrogen-bond donors (Lipinski definition) is 0. The van der Waals surface area contributed by atoms with Crippen LogP contribution in [0.15, 0.2) is 48.9 Å². The molecule has 6 nitrogen and oxygen atoms in total. The average Bonchev–Trinajstić information content (AvgIpc) is 3.23. The van der Waals surface area contributed by atoms with Crippen LogP contribution in [0.5, 0.6) is 0 Å². The number of fused-ring (bicyclic) bond motifs is 2. The zero-order valence-electron chi connectivity index (χ0n) is 13.3. The molecule has 0 atom stereocenters. The van der Waals surface area contributed by atoms with Crippen molar-refractivity contribution in [2.45, 2.75) is 6.92 Å². The van der Waals surface area contributed by atoms with Crippen LogP contribution in [0.2, 0.25) is 0 Å². The molecule has 25 heavy (non-hydrogen) atoms. The highest BCUT2D eigenvalue weighted by atomic mass is 32.1. The van der Waals surface area contributed by atoms with E-state index in [4.69, 9.17) is 4.74 Å². The summed E-state index contributed by atoms with van der Waals surface area (Å²) in [6.07, 6.45) is 3.07. The first-order valence-electron chi connectivity index (χ1n) is 7.61. The van der Waals surface area contributed by atoms with E-state index >= 15 is 0 Å². The Morgan fingerprint density at radius 2 is 2.04 bits per heavy atom. The Balaban J connectivity index is 1.50. The van der Waals surface area contributed by atoms with Crippen LogP contribution in [-0.2, 0) is 4.74 Å². The Labute approximate surface area is 146 Å². The fourth-order valence-corrected chi connectivity index (χ4v) is 3.80. The van der Waals surface area contributed by atoms with Crippen molar-refractivity contribution in [2.75, 3.05) is 6.61 Å². The van der Waals surface area contributed by atoms with Crippen LogP contribution in [0.1, 0.15) is 25.6 Å². The molecular formula is C18H13N3O3S. The van der Waals surface area contributed by atoms with Crippen LogP contribution in [0.3, 0.4) is 0 Å². The molecule has 3 heterocycles. The Morgan fingerprint density at radius 3 is 2.88 bits per heavy atom. The minimum atomic E-state index is -0.553. The highest BCUT2D eigenvalue weighted by molar-refractivity contribution is 7.21. The largest absolute Gasteiger partial charge is 0.454 e. The van der Waals surface area contributed by atoms with Gasteiger partial charge in [0.05, 0.1) is 10.4 Å². The second-order valence-corrected chi connectivity index (χ2v) is 6.62. The lowest BCUT2D eigenvalue weighted by Crippen LogP contribution is -2.14. The van der Waals surface area contributed by atoms with Crippen molar-refractivity contribution in [3.05, 3.63) is 64.9 Å². The lowest BCUT2D eigenvalue weighted by atomic mass is 10.1. The van der Waals surface area contributed by atoms with E-state index in [-0.39, 0.29) is 12.4 Å². The van der Waals surface area contributed by atoms with Gasteiger partial charge in [-0.3, -0.25) is 9.20 Å². The molecular weight excluding hydrogens is 338 g/mol. The van der Waals surface area contributed by atoms with Crippen LogP contribution in [0, 0.1) is 6.92 Å². The van der Waals surface area contributed by atoms with Gasteiger partial charge in [-0.05, 0) is 36.1 Å². The lowest BCUT2D eigenvalue weighted by molar-refractivity contribution is 0.0475. The van der Waals surface area contributed by atoms with Crippen molar-refractivity contribution in [1.29, 1.82) is 0 Å². The van der Waals surface area contributed by atoms with Gasteiger partial charge in [-0.25, -0.2) is 4.79 Å². The van der Waals surface area contributed by atoms with E-state index in [0.29, 0.717) is 16.1 Å². The summed E-state index contributed by atoms with van der Waals surface area (Å²) in [6.45, 7) is 1.63. The van der Waals surface area contributed by atoms with Crippen molar-refractivity contribution < 1.29 is 14.3 Å². The molecule has 0 N–H and O–H groups in total. The summed E-state index contributed by atoms with van der Waals surface area (Å²) in [5.74, 6) is -0.750.